The summed E-state index contributed by atoms with van der Waals surface area (Å²) >= 11 is 3.73. The zero-order valence-electron chi connectivity index (χ0n) is 14.4. The van der Waals surface area contributed by atoms with Gasteiger partial charge in [-0.25, -0.2) is 0 Å². The summed E-state index contributed by atoms with van der Waals surface area (Å²) in [6.45, 7) is 13.0. The Labute approximate surface area is 139 Å². The van der Waals surface area contributed by atoms with Crippen LogP contribution in [0.2, 0.25) is 0 Å². The zero-order valence-corrected chi connectivity index (χ0v) is 16.0. The molecule has 3 nitrogen and oxygen atoms in total. The molecule has 4 heteroatoms. The van der Waals surface area contributed by atoms with Crippen LogP contribution < -0.4 is 5.32 Å². The molecule has 0 fully saturated rings. The van der Waals surface area contributed by atoms with Crippen LogP contribution in [0.3, 0.4) is 0 Å². The summed E-state index contributed by atoms with van der Waals surface area (Å²) in [7, 11) is 0. The molecular weight excluding hydrogens is 326 g/mol. The van der Waals surface area contributed by atoms with E-state index >= 15 is 0 Å². The van der Waals surface area contributed by atoms with Gasteiger partial charge in [0.25, 0.3) is 0 Å². The molecular formula is C17H32BrN3. The average molecular weight is 358 g/mol. The summed E-state index contributed by atoms with van der Waals surface area (Å²) in [5.41, 5.74) is 2.44. The second kappa shape index (κ2) is 9.62. The van der Waals surface area contributed by atoms with Crippen LogP contribution in [0.5, 0.6) is 0 Å². The Morgan fingerprint density at radius 2 is 1.95 bits per heavy atom. The number of rotatable bonds is 10. The fraction of sp³-hybridized carbons (Fsp3) is 0.824. The van der Waals surface area contributed by atoms with E-state index in [4.69, 9.17) is 0 Å². The minimum Gasteiger partial charge on any atom is -0.314 e. The summed E-state index contributed by atoms with van der Waals surface area (Å²) in [5.74, 6) is 0.748. The van der Waals surface area contributed by atoms with Crippen LogP contribution in [0.1, 0.15) is 64.8 Å². The lowest BCUT2D eigenvalue weighted by molar-refractivity contribution is 0.314. The maximum absolute atomic E-state index is 4.63. The molecule has 1 aromatic heterocycles. The van der Waals surface area contributed by atoms with E-state index in [0.717, 1.165) is 31.1 Å². The molecule has 1 heterocycles. The number of nitrogens with zero attached hydrogens (tertiary/aromatic N) is 2. The Morgan fingerprint density at radius 3 is 2.48 bits per heavy atom. The van der Waals surface area contributed by atoms with Gasteiger partial charge in [-0.15, -0.1) is 0 Å². The van der Waals surface area contributed by atoms with Crippen molar-refractivity contribution in [1.29, 1.82) is 0 Å². The molecule has 1 rings (SSSR count). The summed E-state index contributed by atoms with van der Waals surface area (Å²) < 4.78 is 3.34. The van der Waals surface area contributed by atoms with E-state index in [0.29, 0.717) is 6.04 Å². The molecule has 0 aliphatic rings. The predicted octanol–water partition coefficient (Wildman–Crippen LogP) is 4.71. The van der Waals surface area contributed by atoms with E-state index in [9.17, 15) is 0 Å². The third-order valence-electron chi connectivity index (χ3n) is 4.35. The van der Waals surface area contributed by atoms with Crippen molar-refractivity contribution in [2.75, 3.05) is 6.54 Å². The average Bonchev–Trinajstić information content (AvgIpc) is 2.75. The molecule has 0 saturated carbocycles. The smallest absolute Gasteiger partial charge is 0.0738 e. The van der Waals surface area contributed by atoms with Gasteiger partial charge in [0.05, 0.1) is 15.9 Å². The number of halogens is 1. The van der Waals surface area contributed by atoms with Crippen molar-refractivity contribution in [1.82, 2.24) is 15.1 Å². The van der Waals surface area contributed by atoms with Crippen molar-refractivity contribution in [2.45, 2.75) is 79.3 Å². The van der Waals surface area contributed by atoms with Crippen LogP contribution in [0.4, 0.5) is 0 Å². The Kier molecular flexibility index (Phi) is 8.57. The molecule has 0 aliphatic carbocycles. The SMILES string of the molecule is CCCCC(CC)C(Cc1c(Br)c(C)nn1CC)NCC. The van der Waals surface area contributed by atoms with Crippen molar-refractivity contribution in [3.05, 3.63) is 15.9 Å². The van der Waals surface area contributed by atoms with Crippen LogP contribution in [-0.4, -0.2) is 22.4 Å². The lowest BCUT2D eigenvalue weighted by Crippen LogP contribution is -2.38. The van der Waals surface area contributed by atoms with E-state index in [1.807, 2.05) is 0 Å². The second-order valence-electron chi connectivity index (χ2n) is 5.84. The maximum Gasteiger partial charge on any atom is 0.0738 e. The summed E-state index contributed by atoms with van der Waals surface area (Å²) in [6, 6.07) is 0.546. The summed E-state index contributed by atoms with van der Waals surface area (Å²) in [4.78, 5) is 0. The molecule has 0 radical (unpaired) electrons. The van der Waals surface area contributed by atoms with Crippen LogP contribution in [0.15, 0.2) is 4.47 Å². The van der Waals surface area contributed by atoms with Crippen molar-refractivity contribution in [3.63, 3.8) is 0 Å². The molecule has 0 bridgehead atoms. The van der Waals surface area contributed by atoms with Crippen molar-refractivity contribution < 1.29 is 0 Å². The molecule has 2 unspecified atom stereocenters. The molecule has 21 heavy (non-hydrogen) atoms. The first-order valence-electron chi connectivity index (χ1n) is 8.53. The predicted molar refractivity (Wildman–Crippen MR) is 94.8 cm³/mol. The lowest BCUT2D eigenvalue weighted by Gasteiger charge is -2.27. The Hall–Kier alpha value is -0.350. The van der Waals surface area contributed by atoms with Crippen molar-refractivity contribution >= 4 is 15.9 Å². The molecule has 0 spiro atoms. The monoisotopic (exact) mass is 357 g/mol. The quantitative estimate of drug-likeness (QED) is 0.656. The second-order valence-corrected chi connectivity index (χ2v) is 6.63. The van der Waals surface area contributed by atoms with Crippen LogP contribution in [0, 0.1) is 12.8 Å². The fourth-order valence-corrected chi connectivity index (χ4v) is 3.54. The lowest BCUT2D eigenvalue weighted by atomic mass is 9.88. The maximum atomic E-state index is 4.63. The van der Waals surface area contributed by atoms with Crippen molar-refractivity contribution in [2.24, 2.45) is 5.92 Å². The van der Waals surface area contributed by atoms with Crippen molar-refractivity contribution in [3.8, 4) is 0 Å². The minimum atomic E-state index is 0.546. The van der Waals surface area contributed by atoms with E-state index in [1.165, 1.54) is 35.8 Å². The first-order chi connectivity index (χ1) is 10.1. The number of nitrogens with one attached hydrogen (secondary N) is 1. The molecule has 0 aliphatic heterocycles. The number of unbranched alkanes of at least 4 members (excludes halogenated alkanes) is 1. The van der Waals surface area contributed by atoms with Crippen LogP contribution >= 0.6 is 15.9 Å². The summed E-state index contributed by atoms with van der Waals surface area (Å²) in [6.07, 6.45) is 6.24. The first-order valence-corrected chi connectivity index (χ1v) is 9.33. The third kappa shape index (κ3) is 5.10. The Balaban J connectivity index is 2.91. The number of hydrogen-bond donors (Lipinski definition) is 1. The number of aryl methyl sites for hydroxylation is 2. The first kappa shape index (κ1) is 18.7. The molecule has 2 atom stereocenters. The van der Waals surface area contributed by atoms with E-state index < -0.39 is 0 Å². The molecule has 122 valence electrons. The summed E-state index contributed by atoms with van der Waals surface area (Å²) in [5, 5.41) is 8.35. The van der Waals surface area contributed by atoms with Gasteiger partial charge in [0, 0.05) is 19.0 Å². The van der Waals surface area contributed by atoms with E-state index in [2.05, 4.69) is 65.6 Å². The molecule has 0 aromatic carbocycles. The minimum absolute atomic E-state index is 0.546. The normalized spacial score (nSPS) is 14.4. The van der Waals surface area contributed by atoms with Gasteiger partial charge in [0.2, 0.25) is 0 Å². The molecule has 1 N–H and O–H groups in total. The topological polar surface area (TPSA) is 29.9 Å². The van der Waals surface area contributed by atoms with Gasteiger partial charge in [0.1, 0.15) is 0 Å². The van der Waals surface area contributed by atoms with Gasteiger partial charge in [-0.1, -0.05) is 40.0 Å². The van der Waals surface area contributed by atoms with Gasteiger partial charge in [0.15, 0.2) is 0 Å². The third-order valence-corrected chi connectivity index (χ3v) is 5.39. The molecule has 0 amide bonds. The van der Waals surface area contributed by atoms with Crippen LogP contribution in [0.25, 0.3) is 0 Å². The largest absolute Gasteiger partial charge is 0.314 e. The van der Waals surface area contributed by atoms with Crippen LogP contribution in [-0.2, 0) is 13.0 Å². The highest BCUT2D eigenvalue weighted by molar-refractivity contribution is 9.10. The Bertz CT molecular complexity index is 414. The zero-order chi connectivity index (χ0) is 15.8. The standard InChI is InChI=1S/C17H32BrN3/c1-6-10-11-14(7-2)15(19-8-3)12-16-17(18)13(5)20-21(16)9-4/h14-15,19H,6-12H2,1-5H3. The highest BCUT2D eigenvalue weighted by Gasteiger charge is 2.23. The van der Waals surface area contributed by atoms with Gasteiger partial charge < -0.3 is 5.32 Å². The van der Waals surface area contributed by atoms with E-state index in [1.54, 1.807) is 0 Å². The number of likely N-dealkylation sites (N-methyl/N-ethyl adjacent to an activating group) is 1. The molecule has 0 saturated heterocycles. The van der Waals surface area contributed by atoms with Gasteiger partial charge in [-0.3, -0.25) is 4.68 Å². The van der Waals surface area contributed by atoms with E-state index in [-0.39, 0.29) is 0 Å². The highest BCUT2D eigenvalue weighted by atomic mass is 79.9. The van der Waals surface area contributed by atoms with Gasteiger partial charge >= 0.3 is 0 Å². The Morgan fingerprint density at radius 1 is 1.24 bits per heavy atom. The number of aromatic nitrogens is 2. The fourth-order valence-electron chi connectivity index (χ4n) is 3.10. The van der Waals surface area contributed by atoms with Gasteiger partial charge in [-0.2, -0.15) is 5.10 Å². The molecule has 1 aromatic rings. The highest BCUT2D eigenvalue weighted by Crippen LogP contribution is 2.26. The number of hydrogen-bond acceptors (Lipinski definition) is 2. The van der Waals surface area contributed by atoms with Gasteiger partial charge in [-0.05, 0) is 48.7 Å².